The van der Waals surface area contributed by atoms with E-state index in [0.29, 0.717) is 5.92 Å². The monoisotopic (exact) mass is 171 g/mol. The number of aliphatic imine (C=N–C) groups is 1. The smallest absolute Gasteiger partial charge is 0.191 e. The SMILES string of the molecule is CCNC(=NCC(C)C)NCC. The summed E-state index contributed by atoms with van der Waals surface area (Å²) in [4.78, 5) is 4.40. The van der Waals surface area contributed by atoms with E-state index in [2.05, 4.69) is 43.3 Å². The van der Waals surface area contributed by atoms with E-state index < -0.39 is 0 Å². The van der Waals surface area contributed by atoms with Crippen molar-refractivity contribution in [2.24, 2.45) is 10.9 Å². The molecule has 72 valence electrons. The lowest BCUT2D eigenvalue weighted by Crippen LogP contribution is -2.37. The van der Waals surface area contributed by atoms with E-state index in [-0.39, 0.29) is 0 Å². The van der Waals surface area contributed by atoms with Crippen LogP contribution in [0.15, 0.2) is 4.99 Å². The van der Waals surface area contributed by atoms with E-state index in [1.54, 1.807) is 0 Å². The Morgan fingerprint density at radius 1 is 1.17 bits per heavy atom. The molecule has 0 aliphatic carbocycles. The number of hydrogen-bond donors (Lipinski definition) is 2. The van der Waals surface area contributed by atoms with Crippen LogP contribution in [0.1, 0.15) is 27.7 Å². The molecule has 0 atom stereocenters. The molecule has 0 aromatic carbocycles. The van der Waals surface area contributed by atoms with Gasteiger partial charge >= 0.3 is 0 Å². The Kier molecular flexibility index (Phi) is 6.53. The van der Waals surface area contributed by atoms with E-state index in [4.69, 9.17) is 0 Å². The van der Waals surface area contributed by atoms with Gasteiger partial charge < -0.3 is 10.6 Å². The van der Waals surface area contributed by atoms with Crippen molar-refractivity contribution in [2.45, 2.75) is 27.7 Å². The number of rotatable bonds is 4. The molecule has 0 bridgehead atoms. The predicted molar refractivity (Wildman–Crippen MR) is 54.5 cm³/mol. The maximum absolute atomic E-state index is 4.40. The standard InChI is InChI=1S/C9H21N3/c1-5-10-9(11-6-2)12-7-8(3)4/h8H,5-7H2,1-4H3,(H2,10,11,12). The Balaban J connectivity index is 3.81. The number of guanidine groups is 1. The lowest BCUT2D eigenvalue weighted by molar-refractivity contribution is 0.657. The van der Waals surface area contributed by atoms with Crippen LogP contribution in [0.3, 0.4) is 0 Å². The molecule has 0 heterocycles. The van der Waals surface area contributed by atoms with Crippen molar-refractivity contribution in [1.82, 2.24) is 10.6 Å². The van der Waals surface area contributed by atoms with E-state index in [9.17, 15) is 0 Å². The molecule has 0 saturated heterocycles. The summed E-state index contributed by atoms with van der Waals surface area (Å²) in [5, 5.41) is 6.36. The molecule has 2 N–H and O–H groups in total. The number of nitrogens with zero attached hydrogens (tertiary/aromatic N) is 1. The van der Waals surface area contributed by atoms with Crippen LogP contribution in [0.4, 0.5) is 0 Å². The topological polar surface area (TPSA) is 36.4 Å². The largest absolute Gasteiger partial charge is 0.357 e. The summed E-state index contributed by atoms with van der Waals surface area (Å²) < 4.78 is 0. The molecule has 0 rings (SSSR count). The number of hydrogen-bond acceptors (Lipinski definition) is 1. The second-order valence-corrected chi connectivity index (χ2v) is 3.14. The average molecular weight is 171 g/mol. The van der Waals surface area contributed by atoms with E-state index >= 15 is 0 Å². The molecule has 0 saturated carbocycles. The predicted octanol–water partition coefficient (Wildman–Crippen LogP) is 1.22. The van der Waals surface area contributed by atoms with Crippen LogP contribution < -0.4 is 10.6 Å². The Morgan fingerprint density at radius 2 is 1.67 bits per heavy atom. The van der Waals surface area contributed by atoms with E-state index in [1.165, 1.54) is 0 Å². The second kappa shape index (κ2) is 6.95. The molecule has 0 aliphatic rings. The molecule has 0 aromatic heterocycles. The zero-order chi connectivity index (χ0) is 9.40. The third-order valence-corrected chi connectivity index (χ3v) is 1.30. The maximum atomic E-state index is 4.40. The minimum Gasteiger partial charge on any atom is -0.357 e. The van der Waals surface area contributed by atoms with Crippen LogP contribution in [0.5, 0.6) is 0 Å². The molecule has 0 radical (unpaired) electrons. The van der Waals surface area contributed by atoms with E-state index in [0.717, 1.165) is 25.6 Å². The molecular weight excluding hydrogens is 150 g/mol. The normalized spacial score (nSPS) is 9.75. The van der Waals surface area contributed by atoms with Gasteiger partial charge in [0.2, 0.25) is 0 Å². The first kappa shape index (κ1) is 11.3. The third kappa shape index (κ3) is 6.01. The minimum atomic E-state index is 0.623. The van der Waals surface area contributed by atoms with Crippen LogP contribution in [-0.2, 0) is 0 Å². The van der Waals surface area contributed by atoms with Gasteiger partial charge in [0, 0.05) is 19.6 Å². The van der Waals surface area contributed by atoms with Crippen LogP contribution in [0.2, 0.25) is 0 Å². The van der Waals surface area contributed by atoms with Gasteiger partial charge in [0.05, 0.1) is 0 Å². The Hall–Kier alpha value is -0.730. The van der Waals surface area contributed by atoms with Crippen molar-refractivity contribution in [3.8, 4) is 0 Å². The highest BCUT2D eigenvalue weighted by Gasteiger charge is 1.94. The fourth-order valence-electron chi connectivity index (χ4n) is 0.783. The van der Waals surface area contributed by atoms with Crippen molar-refractivity contribution in [1.29, 1.82) is 0 Å². The molecule has 3 heteroatoms. The fourth-order valence-corrected chi connectivity index (χ4v) is 0.783. The first-order valence-electron chi connectivity index (χ1n) is 4.72. The molecule has 0 aliphatic heterocycles. The molecule has 0 unspecified atom stereocenters. The third-order valence-electron chi connectivity index (χ3n) is 1.30. The highest BCUT2D eigenvalue weighted by molar-refractivity contribution is 5.79. The molecule has 0 amide bonds. The molecule has 0 fully saturated rings. The van der Waals surface area contributed by atoms with Crippen molar-refractivity contribution in [2.75, 3.05) is 19.6 Å². The zero-order valence-electron chi connectivity index (χ0n) is 8.65. The van der Waals surface area contributed by atoms with Crippen LogP contribution >= 0.6 is 0 Å². The van der Waals surface area contributed by atoms with Crippen LogP contribution in [0.25, 0.3) is 0 Å². The molecule has 3 nitrogen and oxygen atoms in total. The quantitative estimate of drug-likeness (QED) is 0.493. The molecule has 0 aromatic rings. The van der Waals surface area contributed by atoms with E-state index in [1.807, 2.05) is 0 Å². The summed E-state index contributed by atoms with van der Waals surface area (Å²) in [5.41, 5.74) is 0. The van der Waals surface area contributed by atoms with Gasteiger partial charge in [-0.05, 0) is 19.8 Å². The Labute approximate surface area is 75.7 Å². The van der Waals surface area contributed by atoms with Gasteiger partial charge in [0.1, 0.15) is 0 Å². The lowest BCUT2D eigenvalue weighted by atomic mass is 10.2. The van der Waals surface area contributed by atoms with Crippen molar-refractivity contribution >= 4 is 5.96 Å². The highest BCUT2D eigenvalue weighted by Crippen LogP contribution is 1.90. The van der Waals surface area contributed by atoms with Gasteiger partial charge in [-0.2, -0.15) is 0 Å². The van der Waals surface area contributed by atoms with Gasteiger partial charge in [-0.3, -0.25) is 4.99 Å². The summed E-state index contributed by atoms with van der Waals surface area (Å²) in [6, 6.07) is 0. The average Bonchev–Trinajstić information content (AvgIpc) is 2.01. The summed E-state index contributed by atoms with van der Waals surface area (Å²) in [6.07, 6.45) is 0. The Bertz CT molecular complexity index is 122. The summed E-state index contributed by atoms with van der Waals surface area (Å²) in [5.74, 6) is 1.55. The first-order chi connectivity index (χ1) is 5.70. The summed E-state index contributed by atoms with van der Waals surface area (Å²) >= 11 is 0. The van der Waals surface area contributed by atoms with Crippen molar-refractivity contribution < 1.29 is 0 Å². The Morgan fingerprint density at radius 3 is 2.00 bits per heavy atom. The van der Waals surface area contributed by atoms with Crippen LogP contribution in [-0.4, -0.2) is 25.6 Å². The minimum absolute atomic E-state index is 0.623. The number of nitrogens with one attached hydrogen (secondary N) is 2. The highest BCUT2D eigenvalue weighted by atomic mass is 15.2. The lowest BCUT2D eigenvalue weighted by Gasteiger charge is -2.09. The maximum Gasteiger partial charge on any atom is 0.191 e. The molecule has 0 spiro atoms. The zero-order valence-corrected chi connectivity index (χ0v) is 8.65. The van der Waals surface area contributed by atoms with Gasteiger partial charge in [0.25, 0.3) is 0 Å². The molecular formula is C9H21N3. The van der Waals surface area contributed by atoms with Crippen molar-refractivity contribution in [3.63, 3.8) is 0 Å². The fraction of sp³-hybridized carbons (Fsp3) is 0.889. The summed E-state index contributed by atoms with van der Waals surface area (Å²) in [7, 11) is 0. The van der Waals surface area contributed by atoms with Crippen molar-refractivity contribution in [3.05, 3.63) is 0 Å². The van der Waals surface area contributed by atoms with Gasteiger partial charge in [-0.25, -0.2) is 0 Å². The van der Waals surface area contributed by atoms with Gasteiger partial charge in [0.15, 0.2) is 5.96 Å². The first-order valence-corrected chi connectivity index (χ1v) is 4.72. The van der Waals surface area contributed by atoms with Gasteiger partial charge in [-0.15, -0.1) is 0 Å². The van der Waals surface area contributed by atoms with Crippen LogP contribution in [0, 0.1) is 5.92 Å². The second-order valence-electron chi connectivity index (χ2n) is 3.14. The molecule has 12 heavy (non-hydrogen) atoms. The summed E-state index contributed by atoms with van der Waals surface area (Å²) in [6.45, 7) is 11.2. The van der Waals surface area contributed by atoms with Gasteiger partial charge in [-0.1, -0.05) is 13.8 Å².